The third-order valence-electron chi connectivity index (χ3n) is 4.20. The topological polar surface area (TPSA) is 91.3 Å². The summed E-state index contributed by atoms with van der Waals surface area (Å²) in [5.41, 5.74) is 1.30. The van der Waals surface area contributed by atoms with Crippen LogP contribution in [0.25, 0.3) is 0 Å². The van der Waals surface area contributed by atoms with Crippen molar-refractivity contribution in [3.05, 3.63) is 24.0 Å². The second-order valence-electron chi connectivity index (χ2n) is 5.62. The van der Waals surface area contributed by atoms with Crippen LogP contribution in [0.5, 0.6) is 0 Å². The number of rotatable bonds is 6. The van der Waals surface area contributed by atoms with Crippen LogP contribution in [0, 0.1) is 5.41 Å². The molecule has 0 atom stereocenters. The first-order valence-corrected chi connectivity index (χ1v) is 7.25. The van der Waals surface area contributed by atoms with Gasteiger partial charge in [0.25, 0.3) is 0 Å². The first kappa shape index (κ1) is 15.3. The van der Waals surface area contributed by atoms with Crippen molar-refractivity contribution in [3.8, 4) is 0 Å². The summed E-state index contributed by atoms with van der Waals surface area (Å²) in [5.74, 6) is -0.925. The Morgan fingerprint density at radius 3 is 2.62 bits per heavy atom. The van der Waals surface area contributed by atoms with Crippen LogP contribution in [0.2, 0.25) is 0 Å². The van der Waals surface area contributed by atoms with Gasteiger partial charge in [-0.1, -0.05) is 13.3 Å². The maximum absolute atomic E-state index is 11.8. The van der Waals surface area contributed by atoms with E-state index in [0.717, 1.165) is 6.42 Å². The number of aromatic nitrogens is 1. The number of hydrogen-bond donors (Lipinski definition) is 3. The predicted octanol–water partition coefficient (Wildman–Crippen LogP) is 2.41. The van der Waals surface area contributed by atoms with Crippen molar-refractivity contribution < 1.29 is 14.7 Å². The number of anilines is 1. The number of urea groups is 1. The lowest BCUT2D eigenvalue weighted by Crippen LogP contribution is -2.43. The van der Waals surface area contributed by atoms with Crippen molar-refractivity contribution in [2.75, 3.05) is 11.9 Å². The summed E-state index contributed by atoms with van der Waals surface area (Å²) in [6.07, 6.45) is 6.03. The van der Waals surface area contributed by atoms with Gasteiger partial charge in [0.05, 0.1) is 24.0 Å². The SMILES string of the molecule is CCC1(CNC(=O)Nc2ccc(CC(=O)O)nc2)CCC1. The van der Waals surface area contributed by atoms with Crippen LogP contribution in [0.15, 0.2) is 18.3 Å². The zero-order chi connectivity index (χ0) is 15.3. The molecule has 1 heterocycles. The molecule has 0 aromatic carbocycles. The highest BCUT2D eigenvalue weighted by Gasteiger charge is 2.35. The van der Waals surface area contributed by atoms with E-state index in [9.17, 15) is 9.59 Å². The fourth-order valence-corrected chi connectivity index (χ4v) is 2.53. The van der Waals surface area contributed by atoms with Crippen LogP contribution < -0.4 is 10.6 Å². The van der Waals surface area contributed by atoms with Gasteiger partial charge in [-0.2, -0.15) is 0 Å². The molecule has 6 nitrogen and oxygen atoms in total. The van der Waals surface area contributed by atoms with Crippen molar-refractivity contribution in [3.63, 3.8) is 0 Å². The predicted molar refractivity (Wildman–Crippen MR) is 79.2 cm³/mol. The quantitative estimate of drug-likeness (QED) is 0.750. The number of aliphatic carboxylic acids is 1. The summed E-state index contributed by atoms with van der Waals surface area (Å²) in [7, 11) is 0. The Morgan fingerprint density at radius 2 is 2.14 bits per heavy atom. The van der Waals surface area contributed by atoms with Gasteiger partial charge in [0.2, 0.25) is 0 Å². The van der Waals surface area contributed by atoms with Gasteiger partial charge >= 0.3 is 12.0 Å². The van der Waals surface area contributed by atoms with Crippen LogP contribution >= 0.6 is 0 Å². The Labute approximate surface area is 124 Å². The fraction of sp³-hybridized carbons (Fsp3) is 0.533. The molecule has 1 aliphatic rings. The number of hydrogen-bond acceptors (Lipinski definition) is 3. The lowest BCUT2D eigenvalue weighted by atomic mass is 9.67. The second-order valence-corrected chi connectivity index (χ2v) is 5.62. The van der Waals surface area contributed by atoms with Gasteiger partial charge in [-0.3, -0.25) is 9.78 Å². The summed E-state index contributed by atoms with van der Waals surface area (Å²) in [4.78, 5) is 26.4. The number of carboxylic acid groups (broad SMARTS) is 1. The van der Waals surface area contributed by atoms with Gasteiger partial charge < -0.3 is 15.7 Å². The molecule has 0 spiro atoms. The fourth-order valence-electron chi connectivity index (χ4n) is 2.53. The second kappa shape index (κ2) is 6.56. The lowest BCUT2D eigenvalue weighted by molar-refractivity contribution is -0.136. The van der Waals surface area contributed by atoms with E-state index in [0.29, 0.717) is 17.9 Å². The van der Waals surface area contributed by atoms with Crippen LogP contribution in [-0.2, 0) is 11.2 Å². The number of amides is 2. The van der Waals surface area contributed by atoms with Crippen molar-refractivity contribution in [1.29, 1.82) is 0 Å². The molecule has 0 radical (unpaired) electrons. The molecule has 0 unspecified atom stereocenters. The highest BCUT2D eigenvalue weighted by molar-refractivity contribution is 5.89. The Balaban J connectivity index is 1.81. The molecule has 1 aromatic heterocycles. The third-order valence-corrected chi connectivity index (χ3v) is 4.20. The van der Waals surface area contributed by atoms with Crippen molar-refractivity contribution in [2.45, 2.75) is 39.0 Å². The van der Waals surface area contributed by atoms with Gasteiger partial charge in [0.15, 0.2) is 0 Å². The van der Waals surface area contributed by atoms with Crippen LogP contribution in [0.3, 0.4) is 0 Å². The van der Waals surface area contributed by atoms with Gasteiger partial charge in [-0.25, -0.2) is 4.79 Å². The molecular formula is C15H21N3O3. The molecule has 1 fully saturated rings. The Bertz CT molecular complexity index is 504. The number of carboxylic acids is 1. The summed E-state index contributed by atoms with van der Waals surface area (Å²) in [5, 5.41) is 14.3. The van der Waals surface area contributed by atoms with Gasteiger partial charge in [-0.15, -0.1) is 0 Å². The molecular weight excluding hydrogens is 270 g/mol. The molecule has 3 N–H and O–H groups in total. The van der Waals surface area contributed by atoms with Crippen molar-refractivity contribution >= 4 is 17.7 Å². The molecule has 1 aromatic rings. The van der Waals surface area contributed by atoms with Gasteiger partial charge in [0.1, 0.15) is 0 Å². The lowest BCUT2D eigenvalue weighted by Gasteiger charge is -2.41. The molecule has 0 bridgehead atoms. The van der Waals surface area contributed by atoms with Crippen LogP contribution in [0.1, 0.15) is 38.3 Å². The molecule has 21 heavy (non-hydrogen) atoms. The number of nitrogens with zero attached hydrogens (tertiary/aromatic N) is 1. The standard InChI is InChI=1S/C15H21N3O3/c1-2-15(6-3-7-15)10-17-14(21)18-12-5-4-11(16-9-12)8-13(19)20/h4-5,9H,2-3,6-8,10H2,1H3,(H,19,20)(H2,17,18,21). The van der Waals surface area contributed by atoms with Crippen LogP contribution in [-0.4, -0.2) is 28.6 Å². The van der Waals surface area contributed by atoms with E-state index in [2.05, 4.69) is 22.5 Å². The van der Waals surface area contributed by atoms with Gasteiger partial charge in [-0.05, 0) is 36.8 Å². The average Bonchev–Trinajstić information content (AvgIpc) is 2.40. The molecule has 6 heteroatoms. The first-order chi connectivity index (χ1) is 10.0. The van der Waals surface area contributed by atoms with Crippen molar-refractivity contribution in [1.82, 2.24) is 10.3 Å². The maximum Gasteiger partial charge on any atom is 0.319 e. The molecule has 0 aliphatic heterocycles. The monoisotopic (exact) mass is 291 g/mol. The molecule has 2 amide bonds. The number of carbonyl (C=O) groups is 2. The molecule has 1 aliphatic carbocycles. The normalized spacial score (nSPS) is 15.9. The minimum Gasteiger partial charge on any atom is -0.481 e. The molecule has 0 saturated heterocycles. The zero-order valence-corrected chi connectivity index (χ0v) is 12.2. The Kier molecular flexibility index (Phi) is 4.77. The number of nitrogens with one attached hydrogen (secondary N) is 2. The zero-order valence-electron chi connectivity index (χ0n) is 12.2. The van der Waals surface area contributed by atoms with Crippen molar-refractivity contribution in [2.24, 2.45) is 5.41 Å². The van der Waals surface area contributed by atoms with E-state index in [1.165, 1.54) is 25.5 Å². The number of carbonyl (C=O) groups excluding carboxylic acids is 1. The Morgan fingerprint density at radius 1 is 1.38 bits per heavy atom. The minimum absolute atomic E-state index is 0.120. The average molecular weight is 291 g/mol. The Hall–Kier alpha value is -2.11. The summed E-state index contributed by atoms with van der Waals surface area (Å²) in [6.45, 7) is 2.85. The largest absolute Gasteiger partial charge is 0.481 e. The third kappa shape index (κ3) is 4.18. The summed E-state index contributed by atoms with van der Waals surface area (Å²) in [6, 6.07) is 3.01. The van der Waals surface area contributed by atoms with E-state index in [1.807, 2.05) is 0 Å². The maximum atomic E-state index is 11.8. The number of pyridine rings is 1. The van der Waals surface area contributed by atoms with E-state index in [-0.39, 0.29) is 17.9 Å². The van der Waals surface area contributed by atoms with Crippen LogP contribution in [0.4, 0.5) is 10.5 Å². The van der Waals surface area contributed by atoms with E-state index in [1.54, 1.807) is 12.1 Å². The smallest absolute Gasteiger partial charge is 0.319 e. The molecule has 114 valence electrons. The first-order valence-electron chi connectivity index (χ1n) is 7.25. The highest BCUT2D eigenvalue weighted by Crippen LogP contribution is 2.42. The highest BCUT2D eigenvalue weighted by atomic mass is 16.4. The van der Waals surface area contributed by atoms with E-state index < -0.39 is 5.97 Å². The molecule has 2 rings (SSSR count). The summed E-state index contributed by atoms with van der Waals surface area (Å²) >= 11 is 0. The van der Waals surface area contributed by atoms with E-state index >= 15 is 0 Å². The summed E-state index contributed by atoms with van der Waals surface area (Å²) < 4.78 is 0. The minimum atomic E-state index is -0.925. The van der Waals surface area contributed by atoms with E-state index in [4.69, 9.17) is 5.11 Å². The van der Waals surface area contributed by atoms with Gasteiger partial charge in [0, 0.05) is 6.54 Å². The molecule has 1 saturated carbocycles.